The highest BCUT2D eigenvalue weighted by atomic mass is 79.9. The van der Waals surface area contributed by atoms with Crippen LogP contribution in [0.15, 0.2) is 64.1 Å². The summed E-state index contributed by atoms with van der Waals surface area (Å²) in [7, 11) is 0. The lowest BCUT2D eigenvalue weighted by molar-refractivity contribution is -0.137. The van der Waals surface area contributed by atoms with E-state index >= 15 is 0 Å². The Bertz CT molecular complexity index is 1410. The van der Waals surface area contributed by atoms with Crippen molar-refractivity contribution in [1.82, 2.24) is 9.55 Å². The van der Waals surface area contributed by atoms with Crippen LogP contribution in [0.2, 0.25) is 0 Å². The molecule has 1 unspecified atom stereocenters. The predicted molar refractivity (Wildman–Crippen MR) is 127 cm³/mol. The Hall–Kier alpha value is -2.98. The van der Waals surface area contributed by atoms with Crippen LogP contribution < -0.4 is 10.9 Å². The van der Waals surface area contributed by atoms with Gasteiger partial charge in [0.25, 0.3) is 5.56 Å². The second-order valence-corrected chi connectivity index (χ2v) is 9.50. The molecule has 33 heavy (non-hydrogen) atoms. The number of alkyl halides is 3. The van der Waals surface area contributed by atoms with Crippen molar-refractivity contribution in [3.05, 3.63) is 80.1 Å². The largest absolute Gasteiger partial charge is 0.418 e. The number of halogens is 4. The molecule has 0 bridgehead atoms. The maximum Gasteiger partial charge on any atom is 0.418 e. The first-order valence-corrected chi connectivity index (χ1v) is 11.4. The fourth-order valence-corrected chi connectivity index (χ4v) is 4.83. The number of rotatable bonds is 4. The summed E-state index contributed by atoms with van der Waals surface area (Å²) < 4.78 is 41.9. The molecule has 0 aliphatic carbocycles. The van der Waals surface area contributed by atoms with Gasteiger partial charge in [0.05, 0.1) is 23.0 Å². The second-order valence-electron chi connectivity index (χ2n) is 7.39. The fourth-order valence-electron chi connectivity index (χ4n) is 3.56. The number of aryl methyl sites for hydroxylation is 1. The molecular weight excluding hydrogens is 519 g/mol. The van der Waals surface area contributed by atoms with E-state index in [1.165, 1.54) is 42.8 Å². The number of amides is 1. The lowest BCUT2D eigenvalue weighted by atomic mass is 10.0. The molecule has 0 saturated carbocycles. The Labute approximate surface area is 199 Å². The highest BCUT2D eigenvalue weighted by Gasteiger charge is 2.34. The number of hydrogen-bond acceptors (Lipinski definition) is 4. The molecule has 1 amide bonds. The molecule has 1 atom stereocenters. The highest BCUT2D eigenvalue weighted by Crippen LogP contribution is 2.37. The zero-order valence-corrected chi connectivity index (χ0v) is 19.8. The summed E-state index contributed by atoms with van der Waals surface area (Å²) in [5.41, 5.74) is -0.212. The van der Waals surface area contributed by atoms with E-state index in [9.17, 15) is 22.8 Å². The van der Waals surface area contributed by atoms with E-state index in [0.717, 1.165) is 31.1 Å². The summed E-state index contributed by atoms with van der Waals surface area (Å²) in [5.74, 6) is -0.757. The molecule has 1 N–H and O–H groups in total. The van der Waals surface area contributed by atoms with Crippen LogP contribution in [0.3, 0.4) is 0 Å². The van der Waals surface area contributed by atoms with Crippen molar-refractivity contribution < 1.29 is 18.0 Å². The monoisotopic (exact) mass is 535 g/mol. The fraction of sp³-hybridized carbons (Fsp3) is 0.174. The van der Waals surface area contributed by atoms with Crippen LogP contribution in [-0.4, -0.2) is 15.5 Å². The van der Waals surface area contributed by atoms with Gasteiger partial charge in [-0.05, 0) is 43.7 Å². The van der Waals surface area contributed by atoms with Crippen molar-refractivity contribution in [3.63, 3.8) is 0 Å². The van der Waals surface area contributed by atoms with Crippen molar-refractivity contribution in [2.45, 2.75) is 26.1 Å². The Kier molecular flexibility index (Phi) is 6.15. The van der Waals surface area contributed by atoms with Gasteiger partial charge in [-0.25, -0.2) is 4.98 Å². The van der Waals surface area contributed by atoms with Gasteiger partial charge >= 0.3 is 6.18 Å². The molecule has 0 aliphatic rings. The molecule has 0 aliphatic heterocycles. The Morgan fingerprint density at radius 1 is 1.15 bits per heavy atom. The lowest BCUT2D eigenvalue weighted by Crippen LogP contribution is -2.32. The molecular formula is C23H17BrF3N3O2S. The summed E-state index contributed by atoms with van der Waals surface area (Å²) >= 11 is 4.76. The number of thiophene rings is 1. The summed E-state index contributed by atoms with van der Waals surface area (Å²) in [4.78, 5) is 32.0. The number of carbonyl (C=O) groups excluding carboxylic acids is 1. The average Bonchev–Trinajstić information content (AvgIpc) is 3.10. The van der Waals surface area contributed by atoms with E-state index in [-0.39, 0.29) is 5.69 Å². The first-order valence-electron chi connectivity index (χ1n) is 9.81. The van der Waals surface area contributed by atoms with Crippen LogP contribution in [0, 0.1) is 6.92 Å². The van der Waals surface area contributed by atoms with Gasteiger partial charge in [0.1, 0.15) is 10.9 Å². The van der Waals surface area contributed by atoms with Crippen LogP contribution >= 0.6 is 27.3 Å². The molecule has 2 aromatic carbocycles. The maximum atomic E-state index is 13.4. The number of fused-ring (bicyclic) bond motifs is 1. The first kappa shape index (κ1) is 23.2. The molecule has 0 fully saturated rings. The van der Waals surface area contributed by atoms with E-state index in [1.54, 1.807) is 0 Å². The number of hydrogen-bond donors (Lipinski definition) is 1. The van der Waals surface area contributed by atoms with Gasteiger partial charge in [0.2, 0.25) is 5.91 Å². The van der Waals surface area contributed by atoms with Gasteiger partial charge in [0, 0.05) is 14.9 Å². The third-order valence-electron chi connectivity index (χ3n) is 5.23. The summed E-state index contributed by atoms with van der Waals surface area (Å²) in [6.45, 7) is 3.33. The second kappa shape index (κ2) is 8.75. The lowest BCUT2D eigenvalue weighted by Gasteiger charge is -2.18. The van der Waals surface area contributed by atoms with E-state index in [2.05, 4.69) is 26.2 Å². The Morgan fingerprint density at radius 2 is 1.82 bits per heavy atom. The number of aromatic nitrogens is 2. The van der Waals surface area contributed by atoms with Gasteiger partial charge in [-0.2, -0.15) is 13.2 Å². The third-order valence-corrected chi connectivity index (χ3v) is 6.78. The van der Waals surface area contributed by atoms with Crippen LogP contribution in [0.5, 0.6) is 0 Å². The number of para-hydroxylation sites is 1. The number of anilines is 1. The van der Waals surface area contributed by atoms with Gasteiger partial charge in [-0.15, -0.1) is 11.3 Å². The molecule has 4 aromatic rings. The van der Waals surface area contributed by atoms with Crippen LogP contribution in [-0.2, 0) is 11.0 Å². The molecule has 170 valence electrons. The van der Waals surface area contributed by atoms with Gasteiger partial charge < -0.3 is 5.32 Å². The maximum absolute atomic E-state index is 13.4. The predicted octanol–water partition coefficient (Wildman–Crippen LogP) is 6.41. The number of carbonyl (C=O) groups is 1. The summed E-state index contributed by atoms with van der Waals surface area (Å²) in [5, 5.41) is 2.67. The molecule has 0 spiro atoms. The Morgan fingerprint density at radius 3 is 2.48 bits per heavy atom. The van der Waals surface area contributed by atoms with Crippen molar-refractivity contribution in [1.29, 1.82) is 0 Å². The minimum atomic E-state index is -4.63. The minimum Gasteiger partial charge on any atom is -0.324 e. The van der Waals surface area contributed by atoms with E-state index in [1.807, 2.05) is 31.2 Å². The smallest absolute Gasteiger partial charge is 0.324 e. The normalized spacial score (nSPS) is 12.7. The van der Waals surface area contributed by atoms with Gasteiger partial charge in [-0.1, -0.05) is 40.2 Å². The van der Waals surface area contributed by atoms with Crippen LogP contribution in [0.4, 0.5) is 18.9 Å². The first-order chi connectivity index (χ1) is 15.6. The molecule has 5 nitrogen and oxygen atoms in total. The van der Waals surface area contributed by atoms with E-state index in [4.69, 9.17) is 0 Å². The standard InChI is InChI=1S/C23H17BrF3N3O2S/c1-12(20(31)29-17-6-4-3-5-16(17)23(25,26)27)30-11-28-21-19(22(30)32)18(13(2)33-21)14-7-9-15(24)10-8-14/h3-12H,1-2H3,(H,29,31). The van der Waals surface area contributed by atoms with Crippen molar-refractivity contribution in [2.24, 2.45) is 0 Å². The average molecular weight is 536 g/mol. The van der Waals surface area contributed by atoms with Gasteiger partial charge in [0.15, 0.2) is 0 Å². The van der Waals surface area contributed by atoms with E-state index in [0.29, 0.717) is 10.2 Å². The zero-order valence-electron chi connectivity index (χ0n) is 17.4. The number of benzene rings is 2. The SMILES string of the molecule is Cc1sc2ncn(C(C)C(=O)Nc3ccccc3C(F)(F)F)c(=O)c2c1-c1ccc(Br)cc1. The summed E-state index contributed by atoms with van der Waals surface area (Å²) in [6.07, 6.45) is -3.37. The Balaban J connectivity index is 1.74. The minimum absolute atomic E-state index is 0.370. The molecule has 2 heterocycles. The van der Waals surface area contributed by atoms with Crippen molar-refractivity contribution >= 4 is 49.1 Å². The molecule has 10 heteroatoms. The van der Waals surface area contributed by atoms with Crippen LogP contribution in [0.1, 0.15) is 23.4 Å². The molecule has 2 aromatic heterocycles. The molecule has 4 rings (SSSR count). The van der Waals surface area contributed by atoms with Crippen LogP contribution in [0.25, 0.3) is 21.3 Å². The third kappa shape index (κ3) is 4.45. The number of nitrogens with zero attached hydrogens (tertiary/aromatic N) is 2. The van der Waals surface area contributed by atoms with Gasteiger partial charge in [-0.3, -0.25) is 14.2 Å². The number of nitrogens with one attached hydrogen (secondary N) is 1. The molecule has 0 saturated heterocycles. The highest BCUT2D eigenvalue weighted by molar-refractivity contribution is 9.10. The van der Waals surface area contributed by atoms with E-state index < -0.39 is 29.2 Å². The topological polar surface area (TPSA) is 64.0 Å². The van der Waals surface area contributed by atoms with Crippen molar-refractivity contribution in [2.75, 3.05) is 5.32 Å². The summed E-state index contributed by atoms with van der Waals surface area (Å²) in [6, 6.07) is 11.1. The molecule has 0 radical (unpaired) electrons. The van der Waals surface area contributed by atoms with Crippen molar-refractivity contribution in [3.8, 4) is 11.1 Å². The quantitative estimate of drug-likeness (QED) is 0.328. The zero-order chi connectivity index (χ0) is 23.9.